The number of alkyl halides is 5. The Kier molecular flexibility index (Phi) is 3.78. The molecule has 2 aromatic rings. The Bertz CT molecular complexity index is 818. The zero-order valence-electron chi connectivity index (χ0n) is 11.7. The molecular weight excluding hydrogens is 363 g/mol. The van der Waals surface area contributed by atoms with Gasteiger partial charge in [-0.3, -0.25) is 0 Å². The number of aromatic nitrogens is 1. The molecule has 1 aromatic heterocycles. The second-order valence-corrected chi connectivity index (χ2v) is 4.99. The summed E-state index contributed by atoms with van der Waals surface area (Å²) in [5.74, 6) is -4.57. The highest BCUT2D eigenvalue weighted by atomic mass is 19.4. The quantitative estimate of drug-likeness (QED) is 0.807. The van der Waals surface area contributed by atoms with Gasteiger partial charge in [0.2, 0.25) is 0 Å². The van der Waals surface area contributed by atoms with Gasteiger partial charge in [0.15, 0.2) is 23.3 Å². The van der Waals surface area contributed by atoms with Gasteiger partial charge in [0.1, 0.15) is 17.4 Å². The maximum atomic E-state index is 13.5. The molecule has 1 aliphatic heterocycles. The van der Waals surface area contributed by atoms with Crippen molar-refractivity contribution < 1.29 is 45.3 Å². The minimum atomic E-state index is -5.15. The highest BCUT2D eigenvalue weighted by Crippen LogP contribution is 2.53. The van der Waals surface area contributed by atoms with Crippen molar-refractivity contribution in [2.24, 2.45) is 0 Å². The zero-order valence-corrected chi connectivity index (χ0v) is 11.7. The molecule has 11 heteroatoms. The molecule has 0 spiro atoms. The van der Waals surface area contributed by atoms with E-state index in [4.69, 9.17) is 4.74 Å². The highest BCUT2D eigenvalue weighted by molar-refractivity contribution is 5.53. The average molecular weight is 369 g/mol. The minimum absolute atomic E-state index is 0.401. The van der Waals surface area contributed by atoms with Crippen LogP contribution in [0.15, 0.2) is 24.4 Å². The third-order valence-corrected chi connectivity index (χ3v) is 3.20. The van der Waals surface area contributed by atoms with E-state index in [0.29, 0.717) is 24.4 Å². The van der Waals surface area contributed by atoms with Gasteiger partial charge in [-0.1, -0.05) is 0 Å². The maximum absolute atomic E-state index is 13.5. The second kappa shape index (κ2) is 5.48. The van der Waals surface area contributed by atoms with Gasteiger partial charge in [-0.15, -0.1) is 0 Å². The number of pyridine rings is 1. The molecule has 1 aliphatic rings. The van der Waals surface area contributed by atoms with E-state index in [1.54, 1.807) is 0 Å². The third-order valence-electron chi connectivity index (χ3n) is 3.20. The Morgan fingerprint density at radius 1 is 1.12 bits per heavy atom. The van der Waals surface area contributed by atoms with E-state index in [0.717, 1.165) is 0 Å². The molecular formula is C14H6F7NO3. The number of aliphatic hydroxyl groups excluding tert-OH is 1. The Labute approximate surface area is 134 Å². The summed E-state index contributed by atoms with van der Waals surface area (Å²) in [4.78, 5) is 2.97. The van der Waals surface area contributed by atoms with Gasteiger partial charge >= 0.3 is 12.3 Å². The molecule has 0 radical (unpaired) electrons. The number of rotatable bonds is 2. The molecule has 25 heavy (non-hydrogen) atoms. The fourth-order valence-electron chi connectivity index (χ4n) is 2.22. The summed E-state index contributed by atoms with van der Waals surface area (Å²) >= 11 is 0. The number of halogens is 7. The fourth-order valence-corrected chi connectivity index (χ4v) is 2.22. The summed E-state index contributed by atoms with van der Waals surface area (Å²) in [5, 5.41) is 9.44. The largest absolute Gasteiger partial charge is 0.452 e. The predicted octanol–water partition coefficient (Wildman–Crippen LogP) is 4.19. The van der Waals surface area contributed by atoms with E-state index in [9.17, 15) is 35.8 Å². The van der Waals surface area contributed by atoms with Gasteiger partial charge in [0, 0.05) is 18.2 Å². The van der Waals surface area contributed by atoms with Crippen LogP contribution in [-0.4, -0.2) is 16.2 Å². The van der Waals surface area contributed by atoms with Crippen LogP contribution in [0.4, 0.5) is 30.7 Å². The third kappa shape index (κ3) is 3.06. The van der Waals surface area contributed by atoms with Crippen molar-refractivity contribution in [3.63, 3.8) is 0 Å². The summed E-state index contributed by atoms with van der Waals surface area (Å²) < 4.78 is 101. The minimum Gasteiger partial charge on any atom is -0.452 e. The lowest BCUT2D eigenvalue weighted by Crippen LogP contribution is -2.27. The molecule has 0 unspecified atom stereocenters. The summed E-state index contributed by atoms with van der Waals surface area (Å²) in [6.07, 6.45) is -12.1. The lowest BCUT2D eigenvalue weighted by atomic mass is 10.1. The maximum Gasteiger partial charge on any atom is 0.433 e. The molecule has 1 atom stereocenters. The normalized spacial score (nSPS) is 18.6. The first kappa shape index (κ1) is 17.3. The van der Waals surface area contributed by atoms with Crippen molar-refractivity contribution in [1.29, 1.82) is 0 Å². The Balaban J connectivity index is 2.11. The van der Waals surface area contributed by atoms with E-state index < -0.39 is 58.5 Å². The number of nitrogens with zero attached hydrogens (tertiary/aromatic N) is 1. The number of ether oxygens (including phenoxy) is 2. The Morgan fingerprint density at radius 3 is 2.28 bits per heavy atom. The van der Waals surface area contributed by atoms with Gasteiger partial charge < -0.3 is 14.6 Å². The molecule has 0 bridgehead atoms. The molecule has 1 aromatic carbocycles. The molecule has 2 heterocycles. The Hall–Kier alpha value is -2.56. The number of aliphatic hydroxyl groups is 1. The van der Waals surface area contributed by atoms with Crippen LogP contribution in [0.25, 0.3) is 0 Å². The molecule has 3 rings (SSSR count). The number of hydrogen-bond acceptors (Lipinski definition) is 4. The van der Waals surface area contributed by atoms with Crippen molar-refractivity contribution in [2.75, 3.05) is 0 Å². The van der Waals surface area contributed by atoms with Crippen molar-refractivity contribution >= 4 is 0 Å². The van der Waals surface area contributed by atoms with Crippen molar-refractivity contribution in [1.82, 2.24) is 4.98 Å². The first-order valence-electron chi connectivity index (χ1n) is 6.48. The van der Waals surface area contributed by atoms with Crippen LogP contribution in [0.1, 0.15) is 17.4 Å². The average Bonchev–Trinajstić information content (AvgIpc) is 2.68. The van der Waals surface area contributed by atoms with Gasteiger partial charge in [0.05, 0.1) is 11.8 Å². The monoisotopic (exact) mass is 369 g/mol. The van der Waals surface area contributed by atoms with Gasteiger partial charge in [-0.05, 0) is 0 Å². The second-order valence-electron chi connectivity index (χ2n) is 4.99. The van der Waals surface area contributed by atoms with E-state index >= 15 is 0 Å². The van der Waals surface area contributed by atoms with E-state index in [-0.39, 0.29) is 0 Å². The topological polar surface area (TPSA) is 51.6 Å². The van der Waals surface area contributed by atoms with Crippen LogP contribution >= 0.6 is 0 Å². The highest BCUT2D eigenvalue weighted by Gasteiger charge is 2.56. The van der Waals surface area contributed by atoms with Gasteiger partial charge in [-0.25, -0.2) is 13.8 Å². The van der Waals surface area contributed by atoms with Crippen molar-refractivity contribution in [2.45, 2.75) is 18.4 Å². The molecule has 0 saturated carbocycles. The van der Waals surface area contributed by atoms with Crippen LogP contribution in [-0.2, 0) is 6.18 Å². The predicted molar refractivity (Wildman–Crippen MR) is 66.2 cm³/mol. The molecule has 0 saturated heterocycles. The summed E-state index contributed by atoms with van der Waals surface area (Å²) in [6, 6.07) is 1.82. The molecule has 0 amide bonds. The van der Waals surface area contributed by atoms with Crippen molar-refractivity contribution in [3.8, 4) is 17.2 Å². The van der Waals surface area contributed by atoms with E-state index in [1.165, 1.54) is 0 Å². The summed E-state index contributed by atoms with van der Waals surface area (Å²) in [7, 11) is 0. The molecule has 4 nitrogen and oxygen atoms in total. The van der Waals surface area contributed by atoms with Crippen molar-refractivity contribution in [3.05, 3.63) is 47.3 Å². The molecule has 0 aliphatic carbocycles. The van der Waals surface area contributed by atoms with E-state index in [1.807, 2.05) is 0 Å². The van der Waals surface area contributed by atoms with Crippen LogP contribution in [0.5, 0.6) is 17.2 Å². The number of fused-ring (bicyclic) bond motifs is 1. The first-order valence-corrected chi connectivity index (χ1v) is 6.48. The zero-order chi connectivity index (χ0) is 18.6. The number of hydrogen-bond donors (Lipinski definition) is 1. The lowest BCUT2D eigenvalue weighted by molar-refractivity contribution is -0.225. The SMILES string of the molecule is O[C@H]1c2c(C(F)(F)F)ncc(Oc3cc(F)cc(F)c3)c2OC1(F)F. The summed E-state index contributed by atoms with van der Waals surface area (Å²) in [6.45, 7) is 0. The van der Waals surface area contributed by atoms with Crippen LogP contribution in [0.3, 0.4) is 0 Å². The number of benzene rings is 1. The summed E-state index contributed by atoms with van der Waals surface area (Å²) in [5.41, 5.74) is -3.11. The van der Waals surface area contributed by atoms with Crippen LogP contribution in [0, 0.1) is 11.6 Å². The van der Waals surface area contributed by atoms with E-state index in [2.05, 4.69) is 9.72 Å². The molecule has 0 fully saturated rings. The van der Waals surface area contributed by atoms with Crippen LogP contribution < -0.4 is 9.47 Å². The first-order chi connectivity index (χ1) is 11.5. The van der Waals surface area contributed by atoms with Crippen LogP contribution in [0.2, 0.25) is 0 Å². The fraction of sp³-hybridized carbons (Fsp3) is 0.214. The smallest absolute Gasteiger partial charge is 0.433 e. The molecule has 134 valence electrons. The standard InChI is InChI=1S/C14H6F7NO3/c15-5-1-6(16)3-7(2-5)24-8-4-22-11(13(17,18)19)9-10(8)25-14(20,21)12(9)23/h1-4,12,23H/t12-/m0/s1. The molecule has 1 N–H and O–H groups in total. The Morgan fingerprint density at radius 2 is 1.72 bits per heavy atom. The lowest BCUT2D eigenvalue weighted by Gasteiger charge is -2.13. The van der Waals surface area contributed by atoms with Gasteiger partial charge in [-0.2, -0.15) is 22.0 Å². The van der Waals surface area contributed by atoms with Gasteiger partial charge in [0.25, 0.3) is 0 Å².